The predicted molar refractivity (Wildman–Crippen MR) is 87.0 cm³/mol. The minimum Gasteiger partial charge on any atom is -0.577 e. The second-order valence-electron chi connectivity index (χ2n) is 4.58. The van der Waals surface area contributed by atoms with Crippen molar-refractivity contribution < 1.29 is 11.4 Å². The highest BCUT2D eigenvalue weighted by Gasteiger charge is 2.44. The average Bonchev–Trinajstić information content (AvgIpc) is 2.57. The molecule has 3 nitrogen and oxygen atoms in total. The molecule has 0 aromatic heterocycles. The minimum absolute atomic E-state index is 0.742. The van der Waals surface area contributed by atoms with Crippen LogP contribution in [0.2, 0.25) is 0 Å². The van der Waals surface area contributed by atoms with Crippen LogP contribution in [0.3, 0.4) is 0 Å². The molecule has 0 radical (unpaired) electrons. The Hall–Kier alpha value is -2.41. The van der Waals surface area contributed by atoms with Crippen LogP contribution in [0.25, 0.3) is 0 Å². The zero-order chi connectivity index (χ0) is 15.0. The molecule has 22 heavy (non-hydrogen) atoms. The van der Waals surface area contributed by atoms with Gasteiger partial charge >= 0.3 is 15.1 Å². The van der Waals surface area contributed by atoms with Gasteiger partial charge < -0.3 is 11.4 Å². The summed E-state index contributed by atoms with van der Waals surface area (Å²) in [6.45, 7) is 0. The van der Waals surface area contributed by atoms with Gasteiger partial charge in [0.05, 0.1) is 17.2 Å². The molecule has 0 saturated heterocycles. The van der Waals surface area contributed by atoms with Crippen molar-refractivity contribution >= 4 is 15.1 Å². The Morgan fingerprint density at radius 2 is 0.682 bits per heavy atom. The SMILES string of the molecule is c1ccc([O][Al]([O]c2ccccc2)[O]c2ccccc2)cc1. The van der Waals surface area contributed by atoms with Crippen LogP contribution >= 0.6 is 0 Å². The molecule has 0 amide bonds. The van der Waals surface area contributed by atoms with Gasteiger partial charge in [0.25, 0.3) is 0 Å². The van der Waals surface area contributed by atoms with Crippen LogP contribution in [0.1, 0.15) is 0 Å². The molecule has 3 aromatic carbocycles. The van der Waals surface area contributed by atoms with Gasteiger partial charge in [0.15, 0.2) is 0 Å². The Balaban J connectivity index is 1.75. The summed E-state index contributed by atoms with van der Waals surface area (Å²) in [5.74, 6) is 2.23. The maximum atomic E-state index is 5.92. The lowest BCUT2D eigenvalue weighted by molar-refractivity contribution is 0.307. The molecule has 0 aliphatic rings. The molecule has 0 unspecified atom stereocenters. The van der Waals surface area contributed by atoms with Crippen LogP contribution in [0.5, 0.6) is 17.2 Å². The summed E-state index contributed by atoms with van der Waals surface area (Å²) < 4.78 is 17.8. The first-order valence-electron chi connectivity index (χ1n) is 7.05. The molecule has 3 rings (SSSR count). The molecule has 0 atom stereocenters. The van der Waals surface area contributed by atoms with Gasteiger partial charge in [-0.15, -0.1) is 0 Å². The van der Waals surface area contributed by atoms with E-state index in [4.69, 9.17) is 11.4 Å². The summed E-state index contributed by atoms with van der Waals surface area (Å²) in [5.41, 5.74) is 0. The molecule has 0 bridgehead atoms. The van der Waals surface area contributed by atoms with Gasteiger partial charge in [0.2, 0.25) is 0 Å². The Kier molecular flexibility index (Phi) is 4.99. The third-order valence-corrected chi connectivity index (χ3v) is 4.32. The Morgan fingerprint density at radius 3 is 0.955 bits per heavy atom. The smallest absolute Gasteiger partial charge is 0.577 e. The van der Waals surface area contributed by atoms with Crippen LogP contribution in [-0.2, 0) is 0 Å². The van der Waals surface area contributed by atoms with Crippen LogP contribution in [0.15, 0.2) is 91.0 Å². The van der Waals surface area contributed by atoms with E-state index in [1.54, 1.807) is 0 Å². The van der Waals surface area contributed by atoms with Crippen LogP contribution in [-0.4, -0.2) is 15.1 Å². The van der Waals surface area contributed by atoms with Gasteiger partial charge in [-0.25, -0.2) is 0 Å². The summed E-state index contributed by atoms with van der Waals surface area (Å²) in [6.07, 6.45) is 0. The van der Waals surface area contributed by atoms with E-state index >= 15 is 0 Å². The van der Waals surface area contributed by atoms with E-state index < -0.39 is 15.1 Å². The summed E-state index contributed by atoms with van der Waals surface area (Å²) in [6, 6.07) is 28.7. The molecule has 0 spiro atoms. The van der Waals surface area contributed by atoms with Crippen LogP contribution < -0.4 is 11.4 Å². The quantitative estimate of drug-likeness (QED) is 0.639. The van der Waals surface area contributed by atoms with Gasteiger partial charge in [-0.1, -0.05) is 54.6 Å². The third kappa shape index (κ3) is 4.29. The fourth-order valence-corrected chi connectivity index (χ4v) is 3.19. The van der Waals surface area contributed by atoms with Crippen molar-refractivity contribution in [3.63, 3.8) is 0 Å². The third-order valence-electron chi connectivity index (χ3n) is 2.93. The molecular formula is C18H15AlO3. The molecule has 0 fully saturated rings. The largest absolute Gasteiger partial charge is 1.20 e. The van der Waals surface area contributed by atoms with E-state index in [1.165, 1.54) is 0 Å². The zero-order valence-corrected chi connectivity index (χ0v) is 13.1. The standard InChI is InChI=1S/3C6H6O.Al/c3*7-6-4-2-1-3-5-6;/h3*1-5,7H;/q;;;+3/p-3. The van der Waals surface area contributed by atoms with Gasteiger partial charge in [-0.2, -0.15) is 0 Å². The van der Waals surface area contributed by atoms with E-state index in [0.717, 1.165) is 17.2 Å². The molecule has 4 heteroatoms. The van der Waals surface area contributed by atoms with Crippen molar-refractivity contribution in [2.45, 2.75) is 0 Å². The first-order valence-corrected chi connectivity index (χ1v) is 8.47. The van der Waals surface area contributed by atoms with E-state index in [2.05, 4.69) is 0 Å². The topological polar surface area (TPSA) is 27.7 Å². The Bertz CT molecular complexity index is 576. The number of benzene rings is 3. The lowest BCUT2D eigenvalue weighted by atomic mass is 10.3. The fraction of sp³-hybridized carbons (Fsp3) is 0. The average molecular weight is 306 g/mol. The first-order chi connectivity index (χ1) is 10.9. The van der Waals surface area contributed by atoms with Gasteiger partial charge in [0, 0.05) is 0 Å². The van der Waals surface area contributed by atoms with Gasteiger partial charge in [-0.05, 0) is 36.4 Å². The molecule has 0 N–H and O–H groups in total. The summed E-state index contributed by atoms with van der Waals surface area (Å²) in [4.78, 5) is 0. The monoisotopic (exact) mass is 306 g/mol. The van der Waals surface area contributed by atoms with Gasteiger partial charge in [0.1, 0.15) is 0 Å². The van der Waals surface area contributed by atoms with Crippen molar-refractivity contribution in [1.82, 2.24) is 0 Å². The Morgan fingerprint density at radius 1 is 0.409 bits per heavy atom. The molecule has 0 aliphatic carbocycles. The molecule has 0 heterocycles. The highest BCUT2D eigenvalue weighted by Crippen LogP contribution is 2.17. The molecule has 108 valence electrons. The summed E-state index contributed by atoms with van der Waals surface area (Å²) >= 11 is -2.41. The second-order valence-corrected chi connectivity index (χ2v) is 5.87. The first kappa shape index (κ1) is 14.5. The Labute approximate surface area is 135 Å². The minimum atomic E-state index is -2.41. The maximum absolute atomic E-state index is 5.92. The molecule has 0 aliphatic heterocycles. The maximum Gasteiger partial charge on any atom is 1.20 e. The second kappa shape index (κ2) is 7.56. The van der Waals surface area contributed by atoms with Crippen molar-refractivity contribution in [3.05, 3.63) is 91.0 Å². The van der Waals surface area contributed by atoms with Crippen molar-refractivity contribution in [2.75, 3.05) is 0 Å². The predicted octanol–water partition coefficient (Wildman–Crippen LogP) is 4.21. The van der Waals surface area contributed by atoms with E-state index in [1.807, 2.05) is 91.0 Å². The summed E-state index contributed by atoms with van der Waals surface area (Å²) in [7, 11) is 0. The zero-order valence-electron chi connectivity index (χ0n) is 12.0. The van der Waals surface area contributed by atoms with E-state index in [-0.39, 0.29) is 0 Å². The number of para-hydroxylation sites is 3. The molecule has 0 saturated carbocycles. The number of rotatable bonds is 6. The number of hydrogen-bond acceptors (Lipinski definition) is 3. The lowest BCUT2D eigenvalue weighted by Crippen LogP contribution is -2.36. The van der Waals surface area contributed by atoms with Crippen molar-refractivity contribution in [3.8, 4) is 17.2 Å². The number of hydrogen-bond donors (Lipinski definition) is 0. The van der Waals surface area contributed by atoms with E-state index in [0.29, 0.717) is 0 Å². The molecular weight excluding hydrogens is 291 g/mol. The normalized spacial score (nSPS) is 9.82. The fourth-order valence-electron chi connectivity index (χ4n) is 1.90. The molecule has 3 aromatic rings. The van der Waals surface area contributed by atoms with Gasteiger partial charge in [-0.3, -0.25) is 0 Å². The van der Waals surface area contributed by atoms with Crippen molar-refractivity contribution in [1.29, 1.82) is 0 Å². The summed E-state index contributed by atoms with van der Waals surface area (Å²) in [5, 5.41) is 0. The highest BCUT2D eigenvalue weighted by molar-refractivity contribution is 6.39. The van der Waals surface area contributed by atoms with E-state index in [9.17, 15) is 0 Å². The lowest BCUT2D eigenvalue weighted by Gasteiger charge is -2.16. The van der Waals surface area contributed by atoms with Crippen molar-refractivity contribution in [2.24, 2.45) is 0 Å². The van der Waals surface area contributed by atoms with Crippen LogP contribution in [0.4, 0.5) is 0 Å². The highest BCUT2D eigenvalue weighted by atomic mass is 27.3. The van der Waals surface area contributed by atoms with Crippen LogP contribution in [0, 0.1) is 0 Å².